The highest BCUT2D eigenvalue weighted by Crippen LogP contribution is 2.08. The van der Waals surface area contributed by atoms with Crippen LogP contribution in [0.25, 0.3) is 0 Å². The average molecular weight is 211 g/mol. The molecule has 1 aliphatic rings. The summed E-state index contributed by atoms with van der Waals surface area (Å²) >= 11 is 0. The first-order chi connectivity index (χ1) is 7.25. The van der Waals surface area contributed by atoms with Gasteiger partial charge in [-0.15, -0.1) is 0 Å². The van der Waals surface area contributed by atoms with Crippen molar-refractivity contribution >= 4 is 0 Å². The molecular weight excluding hydrogens is 198 g/mol. The summed E-state index contributed by atoms with van der Waals surface area (Å²) in [5.41, 5.74) is -0.399. The van der Waals surface area contributed by atoms with Crippen LogP contribution in [0.15, 0.2) is 21.5 Å². The summed E-state index contributed by atoms with van der Waals surface area (Å²) < 4.78 is 10.3. The molecule has 82 valence electrons. The third kappa shape index (κ3) is 2.57. The molecule has 1 fully saturated rings. The SMILES string of the molecule is O=c1cc(CN2CCOCC2)occ1O. The zero-order valence-electron chi connectivity index (χ0n) is 8.31. The maximum Gasteiger partial charge on any atom is 0.226 e. The molecule has 5 nitrogen and oxygen atoms in total. The highest BCUT2D eigenvalue weighted by atomic mass is 16.5. The van der Waals surface area contributed by atoms with Gasteiger partial charge in [-0.2, -0.15) is 0 Å². The zero-order valence-corrected chi connectivity index (χ0v) is 8.31. The maximum absolute atomic E-state index is 11.1. The predicted octanol–water partition coefficient (Wildman–Crippen LogP) is 0.178. The first-order valence-electron chi connectivity index (χ1n) is 4.86. The minimum atomic E-state index is -0.399. The van der Waals surface area contributed by atoms with Crippen molar-refractivity contribution in [1.82, 2.24) is 4.90 Å². The largest absolute Gasteiger partial charge is 0.502 e. The number of nitrogens with zero attached hydrogens (tertiary/aromatic N) is 1. The molecule has 2 heterocycles. The fourth-order valence-electron chi connectivity index (χ4n) is 1.51. The lowest BCUT2D eigenvalue weighted by Gasteiger charge is -2.25. The number of morpholine rings is 1. The van der Waals surface area contributed by atoms with Gasteiger partial charge in [-0.1, -0.05) is 0 Å². The van der Waals surface area contributed by atoms with Crippen molar-refractivity contribution in [2.24, 2.45) is 0 Å². The Labute approximate surface area is 86.9 Å². The fourth-order valence-corrected chi connectivity index (χ4v) is 1.51. The van der Waals surface area contributed by atoms with Crippen LogP contribution in [0.1, 0.15) is 5.76 Å². The molecule has 1 saturated heterocycles. The Hall–Kier alpha value is -1.33. The molecule has 1 aliphatic heterocycles. The van der Waals surface area contributed by atoms with Crippen molar-refractivity contribution in [3.8, 4) is 5.75 Å². The van der Waals surface area contributed by atoms with Gasteiger partial charge in [0.25, 0.3) is 0 Å². The second-order valence-corrected chi connectivity index (χ2v) is 3.48. The van der Waals surface area contributed by atoms with E-state index < -0.39 is 5.43 Å². The Kier molecular flexibility index (Phi) is 3.03. The summed E-state index contributed by atoms with van der Waals surface area (Å²) in [6.07, 6.45) is 1.08. The third-order valence-corrected chi connectivity index (χ3v) is 2.35. The average Bonchev–Trinajstić information content (AvgIpc) is 2.25. The number of rotatable bonds is 2. The number of hydrogen-bond acceptors (Lipinski definition) is 5. The fraction of sp³-hybridized carbons (Fsp3) is 0.500. The van der Waals surface area contributed by atoms with Gasteiger partial charge in [0.15, 0.2) is 5.75 Å². The Morgan fingerprint density at radius 3 is 2.80 bits per heavy atom. The Morgan fingerprint density at radius 1 is 1.40 bits per heavy atom. The Morgan fingerprint density at radius 2 is 2.13 bits per heavy atom. The molecule has 1 aromatic heterocycles. The van der Waals surface area contributed by atoms with Crippen LogP contribution in [0.2, 0.25) is 0 Å². The molecule has 1 aromatic rings. The molecule has 1 N–H and O–H groups in total. The van der Waals surface area contributed by atoms with E-state index in [1.807, 2.05) is 0 Å². The molecule has 2 rings (SSSR count). The van der Waals surface area contributed by atoms with E-state index in [0.717, 1.165) is 19.4 Å². The van der Waals surface area contributed by atoms with E-state index in [-0.39, 0.29) is 5.75 Å². The first kappa shape index (κ1) is 10.2. The Bertz CT molecular complexity index is 381. The van der Waals surface area contributed by atoms with Crippen molar-refractivity contribution < 1.29 is 14.3 Å². The van der Waals surface area contributed by atoms with Gasteiger partial charge in [0.2, 0.25) is 5.43 Å². The predicted molar refractivity (Wildman–Crippen MR) is 52.7 cm³/mol. The smallest absolute Gasteiger partial charge is 0.226 e. The molecule has 15 heavy (non-hydrogen) atoms. The van der Waals surface area contributed by atoms with E-state index >= 15 is 0 Å². The van der Waals surface area contributed by atoms with Crippen molar-refractivity contribution in [2.45, 2.75) is 6.54 Å². The summed E-state index contributed by atoms with van der Waals surface area (Å²) in [5.74, 6) is 0.223. The van der Waals surface area contributed by atoms with E-state index in [2.05, 4.69) is 4.90 Å². The standard InChI is InChI=1S/C10H13NO4/c12-9-5-8(15-7-10(9)13)6-11-1-3-14-4-2-11/h5,7,13H,1-4,6H2. The van der Waals surface area contributed by atoms with Crippen LogP contribution in [0.3, 0.4) is 0 Å². The highest BCUT2D eigenvalue weighted by Gasteiger charge is 2.12. The molecule has 0 aromatic carbocycles. The number of ether oxygens (including phenoxy) is 1. The minimum absolute atomic E-state index is 0.347. The van der Waals surface area contributed by atoms with Crippen molar-refractivity contribution in [2.75, 3.05) is 26.3 Å². The number of aromatic hydroxyl groups is 1. The van der Waals surface area contributed by atoms with Crippen LogP contribution in [0, 0.1) is 0 Å². The van der Waals surface area contributed by atoms with Crippen LogP contribution in [0.5, 0.6) is 5.75 Å². The summed E-state index contributed by atoms with van der Waals surface area (Å²) in [6.45, 7) is 3.68. The lowest BCUT2D eigenvalue weighted by atomic mass is 10.3. The van der Waals surface area contributed by atoms with Gasteiger partial charge in [-0.05, 0) is 0 Å². The molecule has 0 bridgehead atoms. The normalized spacial score (nSPS) is 17.9. The van der Waals surface area contributed by atoms with Crippen molar-refractivity contribution in [1.29, 1.82) is 0 Å². The molecule has 0 spiro atoms. The molecule has 0 amide bonds. The van der Waals surface area contributed by atoms with Crippen molar-refractivity contribution in [3.63, 3.8) is 0 Å². The van der Waals surface area contributed by atoms with Crippen LogP contribution < -0.4 is 5.43 Å². The second kappa shape index (κ2) is 4.46. The van der Waals surface area contributed by atoms with Crippen LogP contribution in [0.4, 0.5) is 0 Å². The van der Waals surface area contributed by atoms with Gasteiger partial charge >= 0.3 is 0 Å². The highest BCUT2D eigenvalue weighted by molar-refractivity contribution is 5.15. The summed E-state index contributed by atoms with van der Waals surface area (Å²) in [5, 5.41) is 9.01. The molecule has 0 radical (unpaired) electrons. The van der Waals surface area contributed by atoms with Crippen LogP contribution in [-0.2, 0) is 11.3 Å². The second-order valence-electron chi connectivity index (χ2n) is 3.48. The lowest BCUT2D eigenvalue weighted by Crippen LogP contribution is -2.35. The summed E-state index contributed by atoms with van der Waals surface area (Å²) in [4.78, 5) is 13.3. The quantitative estimate of drug-likeness (QED) is 0.756. The van der Waals surface area contributed by atoms with Gasteiger partial charge in [0, 0.05) is 19.2 Å². The van der Waals surface area contributed by atoms with Gasteiger partial charge in [-0.3, -0.25) is 9.69 Å². The summed E-state index contributed by atoms with van der Waals surface area (Å²) in [7, 11) is 0. The van der Waals surface area contributed by atoms with Gasteiger partial charge in [0.05, 0.1) is 19.8 Å². The lowest BCUT2D eigenvalue weighted by molar-refractivity contribution is 0.0310. The van der Waals surface area contributed by atoms with Crippen molar-refractivity contribution in [3.05, 3.63) is 28.3 Å². The van der Waals surface area contributed by atoms with Gasteiger partial charge < -0.3 is 14.3 Å². The monoisotopic (exact) mass is 211 g/mol. The van der Waals surface area contributed by atoms with E-state index in [9.17, 15) is 4.79 Å². The van der Waals surface area contributed by atoms with Crippen LogP contribution >= 0.6 is 0 Å². The third-order valence-electron chi connectivity index (χ3n) is 2.35. The van der Waals surface area contributed by atoms with E-state index in [1.165, 1.54) is 6.07 Å². The zero-order chi connectivity index (χ0) is 10.7. The number of hydrogen-bond donors (Lipinski definition) is 1. The van der Waals surface area contributed by atoms with E-state index in [4.69, 9.17) is 14.3 Å². The molecular formula is C10H13NO4. The molecule has 0 unspecified atom stereocenters. The molecule has 0 aliphatic carbocycles. The summed E-state index contributed by atoms with van der Waals surface area (Å²) in [6, 6.07) is 1.32. The van der Waals surface area contributed by atoms with Crippen LogP contribution in [-0.4, -0.2) is 36.3 Å². The molecule has 0 atom stereocenters. The minimum Gasteiger partial charge on any atom is -0.502 e. The topological polar surface area (TPSA) is 62.9 Å². The molecule has 5 heteroatoms. The maximum atomic E-state index is 11.1. The van der Waals surface area contributed by atoms with Gasteiger partial charge in [-0.25, -0.2) is 0 Å². The van der Waals surface area contributed by atoms with E-state index in [0.29, 0.717) is 25.5 Å². The first-order valence-corrected chi connectivity index (χ1v) is 4.86. The Balaban J connectivity index is 2.03. The van der Waals surface area contributed by atoms with Gasteiger partial charge in [0.1, 0.15) is 12.0 Å². The van der Waals surface area contributed by atoms with E-state index in [1.54, 1.807) is 0 Å². The molecule has 0 saturated carbocycles.